The van der Waals surface area contributed by atoms with E-state index < -0.39 is 5.91 Å². The van der Waals surface area contributed by atoms with Gasteiger partial charge in [-0.2, -0.15) is 0 Å². The predicted molar refractivity (Wildman–Crippen MR) is 43.9 cm³/mol. The Labute approximate surface area is 70.0 Å². The van der Waals surface area contributed by atoms with Crippen molar-refractivity contribution in [1.29, 1.82) is 0 Å². The van der Waals surface area contributed by atoms with Crippen LogP contribution in [0.1, 0.15) is 6.92 Å². The van der Waals surface area contributed by atoms with E-state index in [1.165, 1.54) is 6.92 Å². The second-order valence-electron chi connectivity index (χ2n) is 1.13. The first-order chi connectivity index (χ1) is 4.59. The molecule has 0 heterocycles. The summed E-state index contributed by atoms with van der Waals surface area (Å²) in [5.74, 6) is 4.27. The molecule has 0 fully saturated rings. The summed E-state index contributed by atoms with van der Waals surface area (Å²) in [6, 6.07) is 0. The zero-order valence-electron chi connectivity index (χ0n) is 5.31. The van der Waals surface area contributed by atoms with Crippen LogP contribution < -0.4 is 9.97 Å². The van der Waals surface area contributed by atoms with E-state index in [0.29, 0.717) is 5.01 Å². The van der Waals surface area contributed by atoms with Crippen molar-refractivity contribution >= 4 is 37.9 Å². The maximum atomic E-state index is 9.94. The first kappa shape index (κ1) is 12.4. The highest BCUT2D eigenvalue weighted by Crippen LogP contribution is 1.66. The molecule has 5 nitrogen and oxygen atoms in total. The average molecular weight is 183 g/mol. The Morgan fingerprint density at radius 2 is 2.00 bits per heavy atom. The molecule has 10 heavy (non-hydrogen) atoms. The Morgan fingerprint density at radius 3 is 2.00 bits per heavy atom. The number of nitrogens with one attached hydrogen (secondary N) is 1. The van der Waals surface area contributed by atoms with E-state index in [1.807, 2.05) is 0 Å². The molecule has 0 aromatic carbocycles. The lowest BCUT2D eigenvalue weighted by Crippen LogP contribution is -2.33. The maximum absolute atomic E-state index is 9.94. The van der Waals surface area contributed by atoms with Crippen molar-refractivity contribution < 1.29 is 9.59 Å². The molecule has 0 aliphatic rings. The van der Waals surface area contributed by atoms with Gasteiger partial charge < -0.3 is 0 Å². The Morgan fingerprint density at radius 1 is 1.70 bits per heavy atom. The molecule has 0 spiro atoms. The smallest absolute Gasteiger partial charge is 0.240 e. The molecule has 0 aromatic rings. The van der Waals surface area contributed by atoms with E-state index in [9.17, 15) is 9.59 Å². The van der Waals surface area contributed by atoms with Gasteiger partial charge in [-0.1, -0.05) is 25.6 Å². The Hall–Kier alpha value is -0.240. The molecule has 0 unspecified atom stereocenters. The number of hydrazine groups is 1. The summed E-state index contributed by atoms with van der Waals surface area (Å²) in [6.07, 6.45) is 0.252. The number of carbonyl (C=O) groups is 2. The molecule has 0 saturated heterocycles. The average Bonchev–Trinajstić information content (AvgIpc) is 1.88. The van der Waals surface area contributed by atoms with Crippen LogP contribution in [0.2, 0.25) is 0 Å². The number of hydrogen-bond donors (Lipinski definition) is 4. The number of imide groups is 1. The van der Waals surface area contributed by atoms with E-state index in [1.54, 1.807) is 0 Å². The summed E-state index contributed by atoms with van der Waals surface area (Å²) >= 11 is 6.81. The van der Waals surface area contributed by atoms with E-state index in [0.717, 1.165) is 0 Å². The summed E-state index contributed by atoms with van der Waals surface area (Å²) in [5, 5.41) is 0.472. The zero-order chi connectivity index (χ0) is 8.57. The molecule has 60 valence electrons. The maximum Gasteiger partial charge on any atom is 0.240 e. The number of nitrogens with zero attached hydrogens (tertiary/aromatic N) is 1. The van der Waals surface area contributed by atoms with E-state index in [2.05, 4.69) is 29.8 Å². The Bertz CT molecular complexity index is 110. The number of amides is 2. The lowest BCUT2D eigenvalue weighted by Gasteiger charge is -1.99. The van der Waals surface area contributed by atoms with Crippen molar-refractivity contribution in [3.8, 4) is 0 Å². The second-order valence-corrected chi connectivity index (χ2v) is 1.93. The number of carbonyl (C=O) groups excluding carboxylic acids is 2. The summed E-state index contributed by atoms with van der Waals surface area (Å²) in [5.41, 5.74) is 0. The van der Waals surface area contributed by atoms with Gasteiger partial charge in [0, 0.05) is 6.92 Å². The van der Waals surface area contributed by atoms with Gasteiger partial charge in [-0.3, -0.25) is 9.59 Å². The molecule has 0 aliphatic heterocycles. The van der Waals surface area contributed by atoms with E-state index >= 15 is 0 Å². The largest absolute Gasteiger partial charge is 0.277 e. The molecule has 2 amide bonds. The van der Waals surface area contributed by atoms with E-state index in [-0.39, 0.29) is 6.41 Å². The van der Waals surface area contributed by atoms with Crippen molar-refractivity contribution in [1.82, 2.24) is 9.14 Å². The molecule has 3 N–H and O–H groups in total. The highest BCUT2D eigenvalue weighted by atomic mass is 32.2. The van der Waals surface area contributed by atoms with Gasteiger partial charge >= 0.3 is 0 Å². The first-order valence-electron chi connectivity index (χ1n) is 2.13. The molecular formula is C3H9N3O2S2. The topological polar surface area (TPSA) is 75.4 Å². The van der Waals surface area contributed by atoms with Gasteiger partial charge in [-0.05, 0) is 0 Å². The minimum absolute atomic E-state index is 0.252. The molecule has 0 rings (SSSR count). The summed E-state index contributed by atoms with van der Waals surface area (Å²) in [7, 11) is 0. The quantitative estimate of drug-likeness (QED) is 0.140. The Balaban J connectivity index is 0. The summed E-state index contributed by atoms with van der Waals surface area (Å²) < 4.78 is 2.14. The summed E-state index contributed by atoms with van der Waals surface area (Å²) in [6.45, 7) is 1.20. The van der Waals surface area contributed by atoms with Crippen LogP contribution in [0.3, 0.4) is 0 Å². The number of thiol groups is 2. The minimum atomic E-state index is -0.463. The van der Waals surface area contributed by atoms with Crippen LogP contribution in [0.25, 0.3) is 0 Å². The van der Waals surface area contributed by atoms with Crippen LogP contribution in [-0.2, 0) is 9.59 Å². The number of nitrogens with two attached hydrogens (primary N) is 1. The standard InChI is InChI=1S/C3H6N2O2.H3NS2/c1-3(7)5(4)2-6;2-1-3/h2H,4H2,1H3;1-3H. The van der Waals surface area contributed by atoms with Gasteiger partial charge in [0.05, 0.1) is 0 Å². The van der Waals surface area contributed by atoms with Gasteiger partial charge in [-0.25, -0.2) is 15.0 Å². The normalized spacial score (nSPS) is 7.20. The van der Waals surface area contributed by atoms with Crippen molar-refractivity contribution in [2.45, 2.75) is 6.92 Å². The van der Waals surface area contributed by atoms with Crippen LogP contribution in [0, 0.1) is 0 Å². The first-order valence-corrected chi connectivity index (χ1v) is 3.02. The highest BCUT2D eigenvalue weighted by Gasteiger charge is 1.95. The van der Waals surface area contributed by atoms with Crippen LogP contribution in [0.5, 0.6) is 0 Å². The number of hydrogen-bond acceptors (Lipinski definition) is 6. The highest BCUT2D eigenvalue weighted by molar-refractivity contribution is 7.94. The monoisotopic (exact) mass is 183 g/mol. The third-order valence-electron chi connectivity index (χ3n) is 0.477. The molecular weight excluding hydrogens is 174 g/mol. The van der Waals surface area contributed by atoms with Gasteiger partial charge in [0.25, 0.3) is 0 Å². The lowest BCUT2D eigenvalue weighted by atomic mass is 10.7. The van der Waals surface area contributed by atoms with Crippen molar-refractivity contribution in [3.05, 3.63) is 0 Å². The summed E-state index contributed by atoms with van der Waals surface area (Å²) in [4.78, 5) is 19.5. The van der Waals surface area contributed by atoms with Gasteiger partial charge in [0.1, 0.15) is 0 Å². The van der Waals surface area contributed by atoms with Crippen molar-refractivity contribution in [3.63, 3.8) is 0 Å². The van der Waals surface area contributed by atoms with Crippen LogP contribution in [0.4, 0.5) is 0 Å². The molecule has 0 aliphatic carbocycles. The fourth-order valence-corrected chi connectivity index (χ4v) is 0.0742. The molecule has 0 bridgehead atoms. The lowest BCUT2D eigenvalue weighted by molar-refractivity contribution is -0.136. The minimum Gasteiger partial charge on any atom is -0.277 e. The van der Waals surface area contributed by atoms with Gasteiger partial charge in [0.2, 0.25) is 12.3 Å². The van der Waals surface area contributed by atoms with Crippen LogP contribution in [-0.4, -0.2) is 17.3 Å². The molecule has 0 atom stereocenters. The Kier molecular flexibility index (Phi) is 10.9. The van der Waals surface area contributed by atoms with Crippen molar-refractivity contribution in [2.24, 2.45) is 5.84 Å². The molecule has 7 heteroatoms. The molecule has 0 aromatic heterocycles. The predicted octanol–water partition coefficient (Wildman–Crippen LogP) is -0.869. The SMILES string of the molecule is CC(=O)N(N)C=O.SNS. The third kappa shape index (κ3) is 10.7. The van der Waals surface area contributed by atoms with Crippen molar-refractivity contribution in [2.75, 3.05) is 0 Å². The number of rotatable bonds is 1. The van der Waals surface area contributed by atoms with E-state index in [4.69, 9.17) is 5.84 Å². The second kappa shape index (κ2) is 8.76. The van der Waals surface area contributed by atoms with Gasteiger partial charge in [0.15, 0.2) is 0 Å². The van der Waals surface area contributed by atoms with Crippen LogP contribution >= 0.6 is 25.6 Å². The third-order valence-corrected chi connectivity index (χ3v) is 0.477. The fourth-order valence-electron chi connectivity index (χ4n) is 0.0742. The molecule has 0 radical (unpaired) electrons. The fraction of sp³-hybridized carbons (Fsp3) is 0.333. The van der Waals surface area contributed by atoms with Crippen LogP contribution in [0.15, 0.2) is 0 Å². The van der Waals surface area contributed by atoms with Gasteiger partial charge in [-0.15, -0.1) is 0 Å². The zero-order valence-corrected chi connectivity index (χ0v) is 7.10. The molecule has 0 saturated carbocycles.